The Hall–Kier alpha value is -1.72. The van der Waals surface area contributed by atoms with E-state index in [9.17, 15) is 5.11 Å². The Balaban J connectivity index is 1.38. The van der Waals surface area contributed by atoms with Crippen LogP contribution in [0, 0.1) is 12.8 Å². The van der Waals surface area contributed by atoms with Gasteiger partial charge in [-0.1, -0.05) is 54.3 Å². The van der Waals surface area contributed by atoms with Crippen molar-refractivity contribution in [3.05, 3.63) is 47.3 Å². The predicted molar refractivity (Wildman–Crippen MR) is 114 cm³/mol. The molecule has 5 nitrogen and oxygen atoms in total. The van der Waals surface area contributed by atoms with Crippen molar-refractivity contribution in [2.75, 3.05) is 13.1 Å². The van der Waals surface area contributed by atoms with E-state index in [1.54, 1.807) is 0 Å². The van der Waals surface area contributed by atoms with E-state index in [-0.39, 0.29) is 6.04 Å². The molecule has 0 bridgehead atoms. The number of likely N-dealkylation sites (tertiary alicyclic amines) is 1. The summed E-state index contributed by atoms with van der Waals surface area (Å²) in [5.74, 6) is 1.37. The number of hydrogen-bond donors (Lipinski definition) is 1. The summed E-state index contributed by atoms with van der Waals surface area (Å²) in [5, 5.41) is 19.9. The van der Waals surface area contributed by atoms with Gasteiger partial charge in [0.05, 0.1) is 17.8 Å². The van der Waals surface area contributed by atoms with Crippen molar-refractivity contribution >= 4 is 0 Å². The number of rotatable bonds is 5. The highest BCUT2D eigenvalue weighted by atomic mass is 16.3. The standard InChI is InChI=1S/C24H34N4O/c1-17-7-9-20(10-8-17)22-13-23(28-15-21(25-26-28)19-11-12-19)24(29)16-27(22)14-18-5-3-2-4-6-18/h7-10,15,18-19,22-24,29H,2-6,11-14,16H2,1H3. The highest BCUT2D eigenvalue weighted by Gasteiger charge is 2.38. The van der Waals surface area contributed by atoms with E-state index >= 15 is 0 Å². The molecule has 1 aliphatic heterocycles. The van der Waals surface area contributed by atoms with Gasteiger partial charge in [-0.2, -0.15) is 0 Å². The Morgan fingerprint density at radius 2 is 1.79 bits per heavy atom. The largest absolute Gasteiger partial charge is 0.390 e. The molecule has 1 aromatic carbocycles. The zero-order valence-electron chi connectivity index (χ0n) is 17.6. The third-order valence-electron chi connectivity index (χ3n) is 7.31. The lowest BCUT2D eigenvalue weighted by molar-refractivity contribution is -0.0182. The van der Waals surface area contributed by atoms with Crippen LogP contribution in [-0.2, 0) is 0 Å². The molecule has 3 aliphatic rings. The molecule has 156 valence electrons. The smallest absolute Gasteiger partial charge is 0.0892 e. The van der Waals surface area contributed by atoms with Crippen LogP contribution < -0.4 is 0 Å². The summed E-state index contributed by atoms with van der Waals surface area (Å²) in [6.07, 6.45) is 11.8. The minimum atomic E-state index is -0.394. The Morgan fingerprint density at radius 1 is 1.03 bits per heavy atom. The van der Waals surface area contributed by atoms with Gasteiger partial charge in [-0.25, -0.2) is 4.68 Å². The quantitative estimate of drug-likeness (QED) is 0.817. The normalized spacial score (nSPS) is 29.2. The first-order valence-electron chi connectivity index (χ1n) is 11.6. The van der Waals surface area contributed by atoms with Gasteiger partial charge in [-0.15, -0.1) is 5.10 Å². The molecule has 3 atom stereocenters. The van der Waals surface area contributed by atoms with Crippen LogP contribution in [0.3, 0.4) is 0 Å². The van der Waals surface area contributed by atoms with Crippen molar-refractivity contribution in [1.82, 2.24) is 19.9 Å². The van der Waals surface area contributed by atoms with Gasteiger partial charge in [0.25, 0.3) is 0 Å². The van der Waals surface area contributed by atoms with E-state index in [0.29, 0.717) is 12.0 Å². The van der Waals surface area contributed by atoms with Crippen molar-refractivity contribution in [1.29, 1.82) is 0 Å². The average Bonchev–Trinajstić information content (AvgIpc) is 3.47. The number of aliphatic hydroxyl groups excluding tert-OH is 1. The van der Waals surface area contributed by atoms with Gasteiger partial charge in [-0.05, 0) is 50.5 Å². The summed E-state index contributed by atoms with van der Waals surface area (Å²) in [5.41, 5.74) is 3.77. The van der Waals surface area contributed by atoms with Crippen LogP contribution >= 0.6 is 0 Å². The summed E-state index contributed by atoms with van der Waals surface area (Å²) in [6, 6.07) is 9.33. The summed E-state index contributed by atoms with van der Waals surface area (Å²) in [7, 11) is 0. The van der Waals surface area contributed by atoms with Crippen LogP contribution in [0.2, 0.25) is 0 Å². The first kappa shape index (κ1) is 19.3. The first-order valence-corrected chi connectivity index (χ1v) is 11.6. The molecule has 2 aliphatic carbocycles. The number of aliphatic hydroxyl groups is 1. The molecule has 0 amide bonds. The Kier molecular flexibility index (Phi) is 5.44. The SMILES string of the molecule is Cc1ccc(C2CC(n3cc(C4CC4)nn3)C(O)CN2CC2CCCCC2)cc1. The fraction of sp³-hybridized carbons (Fsp3) is 0.667. The summed E-state index contributed by atoms with van der Waals surface area (Å²) >= 11 is 0. The maximum atomic E-state index is 11.1. The molecule has 0 radical (unpaired) electrons. The van der Waals surface area contributed by atoms with E-state index in [1.165, 1.54) is 56.1 Å². The minimum Gasteiger partial charge on any atom is -0.390 e. The summed E-state index contributed by atoms with van der Waals surface area (Å²) < 4.78 is 1.96. The number of nitrogens with zero attached hydrogens (tertiary/aromatic N) is 4. The maximum Gasteiger partial charge on any atom is 0.0892 e. The molecule has 0 spiro atoms. The highest BCUT2D eigenvalue weighted by molar-refractivity contribution is 5.25. The van der Waals surface area contributed by atoms with E-state index in [1.807, 2.05) is 4.68 Å². The second kappa shape index (κ2) is 8.19. The third-order valence-corrected chi connectivity index (χ3v) is 7.31. The molecule has 1 N–H and O–H groups in total. The minimum absolute atomic E-state index is 0.00362. The molecule has 3 unspecified atom stereocenters. The molecular weight excluding hydrogens is 360 g/mol. The topological polar surface area (TPSA) is 54.2 Å². The average molecular weight is 395 g/mol. The summed E-state index contributed by atoms with van der Waals surface area (Å²) in [4.78, 5) is 2.56. The lowest BCUT2D eigenvalue weighted by atomic mass is 9.85. The fourth-order valence-corrected chi connectivity index (χ4v) is 5.37. The van der Waals surface area contributed by atoms with Gasteiger partial charge < -0.3 is 5.11 Å². The number of piperidine rings is 1. The number of aromatic nitrogens is 3. The number of hydrogen-bond acceptors (Lipinski definition) is 4. The van der Waals surface area contributed by atoms with Gasteiger partial charge in [0.1, 0.15) is 0 Å². The van der Waals surface area contributed by atoms with Crippen LogP contribution in [0.1, 0.15) is 86.2 Å². The lowest BCUT2D eigenvalue weighted by Gasteiger charge is -2.44. The van der Waals surface area contributed by atoms with Gasteiger partial charge in [0.15, 0.2) is 0 Å². The second-order valence-electron chi connectivity index (χ2n) is 9.65. The van der Waals surface area contributed by atoms with E-state index in [2.05, 4.69) is 52.6 Å². The maximum absolute atomic E-state index is 11.1. The molecule has 2 heterocycles. The van der Waals surface area contributed by atoms with Gasteiger partial charge in [0.2, 0.25) is 0 Å². The van der Waals surface area contributed by atoms with Crippen LogP contribution in [0.4, 0.5) is 0 Å². The monoisotopic (exact) mass is 394 g/mol. The van der Waals surface area contributed by atoms with Crippen molar-refractivity contribution in [2.45, 2.75) is 82.4 Å². The number of aryl methyl sites for hydroxylation is 1. The van der Waals surface area contributed by atoms with Crippen LogP contribution in [0.5, 0.6) is 0 Å². The van der Waals surface area contributed by atoms with Gasteiger partial charge in [-0.3, -0.25) is 4.90 Å². The van der Waals surface area contributed by atoms with E-state index in [4.69, 9.17) is 0 Å². The van der Waals surface area contributed by atoms with Crippen LogP contribution in [-0.4, -0.2) is 44.2 Å². The first-order chi connectivity index (χ1) is 14.2. The van der Waals surface area contributed by atoms with Crippen molar-refractivity contribution in [3.63, 3.8) is 0 Å². The van der Waals surface area contributed by atoms with E-state index < -0.39 is 6.10 Å². The van der Waals surface area contributed by atoms with Crippen LogP contribution in [0.25, 0.3) is 0 Å². The Morgan fingerprint density at radius 3 is 2.52 bits per heavy atom. The highest BCUT2D eigenvalue weighted by Crippen LogP contribution is 2.41. The Bertz CT molecular complexity index is 807. The lowest BCUT2D eigenvalue weighted by Crippen LogP contribution is -2.48. The molecule has 5 rings (SSSR count). The van der Waals surface area contributed by atoms with Crippen molar-refractivity contribution in [3.8, 4) is 0 Å². The van der Waals surface area contributed by atoms with Crippen molar-refractivity contribution < 1.29 is 5.11 Å². The third kappa shape index (κ3) is 4.26. The van der Waals surface area contributed by atoms with Crippen LogP contribution in [0.15, 0.2) is 30.5 Å². The molecule has 1 aromatic heterocycles. The molecule has 1 saturated heterocycles. The zero-order valence-corrected chi connectivity index (χ0v) is 17.6. The van der Waals surface area contributed by atoms with Gasteiger partial charge >= 0.3 is 0 Å². The van der Waals surface area contributed by atoms with Gasteiger partial charge in [0, 0.05) is 31.2 Å². The fourth-order valence-electron chi connectivity index (χ4n) is 5.37. The second-order valence-corrected chi connectivity index (χ2v) is 9.65. The zero-order chi connectivity index (χ0) is 19.8. The molecule has 5 heteroatoms. The number of β-amino-alcohol motifs (C(OH)–C–C–N with tert-alkyl or cyclic N) is 1. The number of benzene rings is 1. The molecule has 3 fully saturated rings. The summed E-state index contributed by atoms with van der Waals surface area (Å²) in [6.45, 7) is 3.97. The molecule has 2 saturated carbocycles. The molecule has 29 heavy (non-hydrogen) atoms. The van der Waals surface area contributed by atoms with Crippen molar-refractivity contribution in [2.24, 2.45) is 5.92 Å². The Labute approximate surface area is 174 Å². The molecule has 2 aromatic rings. The van der Waals surface area contributed by atoms with E-state index in [0.717, 1.165) is 31.1 Å². The molecular formula is C24H34N4O. The predicted octanol–water partition coefficient (Wildman–Crippen LogP) is 4.39.